The highest BCUT2D eigenvalue weighted by Gasteiger charge is 2.37. The summed E-state index contributed by atoms with van der Waals surface area (Å²) < 4.78 is 37.6. The van der Waals surface area contributed by atoms with Crippen LogP contribution in [0.4, 0.5) is 5.69 Å². The number of hydrogen-bond acceptors (Lipinski definition) is 7. The molecule has 0 bridgehead atoms. The highest BCUT2D eigenvalue weighted by atomic mass is 32.2. The zero-order valence-corrected chi connectivity index (χ0v) is 16.3. The number of hydrogen-bond donors (Lipinski definition) is 0. The minimum atomic E-state index is -3.75. The first-order chi connectivity index (χ1) is 12.9. The van der Waals surface area contributed by atoms with Gasteiger partial charge in [0.2, 0.25) is 10.0 Å². The van der Waals surface area contributed by atoms with E-state index in [1.54, 1.807) is 18.2 Å². The molecule has 0 N–H and O–H groups in total. The molecule has 3 rings (SSSR count). The fraction of sp³-hybridized carbons (Fsp3) is 0.294. The summed E-state index contributed by atoms with van der Waals surface area (Å²) in [5.41, 5.74) is 0.353. The Labute approximate surface area is 161 Å². The maximum atomic E-state index is 13.1. The standard InChI is InChI=1S/C17H18N2O6S2/c1-24-13-4-6-14(7-5-13)27(22,23)18-9-10-26-17(18)12-3-8-16(25-2)15(11-12)19(20)21/h3-8,11,17H,9-10H2,1-2H3. The zero-order chi connectivity index (χ0) is 19.6. The molecular formula is C17H18N2O6S2. The van der Waals surface area contributed by atoms with Crippen molar-refractivity contribution in [1.29, 1.82) is 0 Å². The molecule has 1 aliphatic rings. The van der Waals surface area contributed by atoms with Crippen molar-refractivity contribution in [1.82, 2.24) is 4.31 Å². The molecular weight excluding hydrogens is 392 g/mol. The number of benzene rings is 2. The third kappa shape index (κ3) is 3.73. The van der Waals surface area contributed by atoms with Gasteiger partial charge in [-0.15, -0.1) is 11.8 Å². The van der Waals surface area contributed by atoms with Gasteiger partial charge in [0, 0.05) is 18.4 Å². The normalized spacial score (nSPS) is 17.6. The van der Waals surface area contributed by atoms with Crippen molar-refractivity contribution in [2.45, 2.75) is 10.3 Å². The van der Waals surface area contributed by atoms with Gasteiger partial charge in [-0.25, -0.2) is 8.42 Å². The Bertz CT molecular complexity index is 946. The van der Waals surface area contributed by atoms with Crippen LogP contribution in [0.3, 0.4) is 0 Å². The molecule has 2 aromatic rings. The van der Waals surface area contributed by atoms with Crippen LogP contribution in [0.25, 0.3) is 0 Å². The van der Waals surface area contributed by atoms with Gasteiger partial charge < -0.3 is 9.47 Å². The summed E-state index contributed by atoms with van der Waals surface area (Å²) in [7, 11) is -0.893. The monoisotopic (exact) mass is 410 g/mol. The van der Waals surface area contributed by atoms with E-state index in [1.807, 2.05) is 0 Å². The van der Waals surface area contributed by atoms with Gasteiger partial charge in [0.05, 0.1) is 29.4 Å². The third-order valence-corrected chi connectivity index (χ3v) is 7.47. The second-order valence-electron chi connectivity index (χ2n) is 5.70. The lowest BCUT2D eigenvalue weighted by Gasteiger charge is -2.23. The molecule has 144 valence electrons. The average Bonchev–Trinajstić information content (AvgIpc) is 3.18. The summed E-state index contributed by atoms with van der Waals surface area (Å²) in [6.45, 7) is 0.323. The van der Waals surface area contributed by atoms with Crippen LogP contribution in [0.15, 0.2) is 47.4 Å². The number of nitrogens with zero attached hydrogens (tertiary/aromatic N) is 2. The van der Waals surface area contributed by atoms with Crippen LogP contribution in [0, 0.1) is 10.1 Å². The number of nitro benzene ring substituents is 1. The first-order valence-electron chi connectivity index (χ1n) is 7.98. The maximum Gasteiger partial charge on any atom is 0.311 e. The molecule has 8 nitrogen and oxygen atoms in total. The van der Waals surface area contributed by atoms with E-state index in [1.165, 1.54) is 54.6 Å². The van der Waals surface area contributed by atoms with E-state index in [0.29, 0.717) is 23.6 Å². The van der Waals surface area contributed by atoms with Gasteiger partial charge in [0.15, 0.2) is 5.75 Å². The average molecular weight is 410 g/mol. The smallest absolute Gasteiger partial charge is 0.311 e. The quantitative estimate of drug-likeness (QED) is 0.533. The molecule has 10 heteroatoms. The van der Waals surface area contributed by atoms with E-state index in [0.717, 1.165) is 0 Å². The maximum absolute atomic E-state index is 13.1. The van der Waals surface area contributed by atoms with Gasteiger partial charge >= 0.3 is 5.69 Å². The van der Waals surface area contributed by atoms with Crippen LogP contribution in [0.1, 0.15) is 10.9 Å². The highest BCUT2D eigenvalue weighted by Crippen LogP contribution is 2.43. The van der Waals surface area contributed by atoms with Crippen molar-refractivity contribution in [3.63, 3.8) is 0 Å². The largest absolute Gasteiger partial charge is 0.497 e. The Kier molecular flexibility index (Phi) is 5.59. The van der Waals surface area contributed by atoms with Crippen LogP contribution in [-0.4, -0.2) is 44.2 Å². The molecule has 0 saturated carbocycles. The van der Waals surface area contributed by atoms with Crippen LogP contribution >= 0.6 is 11.8 Å². The number of nitro groups is 1. The molecule has 1 heterocycles. The summed E-state index contributed by atoms with van der Waals surface area (Å²) >= 11 is 1.43. The summed E-state index contributed by atoms with van der Waals surface area (Å²) in [5.74, 6) is 1.29. The van der Waals surface area contributed by atoms with Crippen molar-refractivity contribution >= 4 is 27.5 Å². The van der Waals surface area contributed by atoms with E-state index < -0.39 is 20.3 Å². The topological polar surface area (TPSA) is 99.0 Å². The van der Waals surface area contributed by atoms with Gasteiger partial charge in [-0.05, 0) is 35.9 Å². The number of sulfonamides is 1. The molecule has 2 aromatic carbocycles. The molecule has 0 spiro atoms. The van der Waals surface area contributed by atoms with Crippen molar-refractivity contribution in [2.75, 3.05) is 26.5 Å². The van der Waals surface area contributed by atoms with Crippen LogP contribution in [-0.2, 0) is 10.0 Å². The number of rotatable bonds is 6. The summed E-state index contributed by atoms with van der Waals surface area (Å²) in [5, 5.41) is 10.7. The minimum Gasteiger partial charge on any atom is -0.497 e. The van der Waals surface area contributed by atoms with Crippen molar-refractivity contribution in [3.05, 3.63) is 58.1 Å². The summed E-state index contributed by atoms with van der Waals surface area (Å²) in [6.07, 6.45) is 0. The van der Waals surface area contributed by atoms with Gasteiger partial charge in [-0.1, -0.05) is 6.07 Å². The Hall–Kier alpha value is -2.30. The van der Waals surface area contributed by atoms with Gasteiger partial charge in [-0.2, -0.15) is 4.31 Å². The fourth-order valence-corrected chi connectivity index (χ4v) is 6.08. The zero-order valence-electron chi connectivity index (χ0n) is 14.7. The molecule has 0 amide bonds. The number of methoxy groups -OCH3 is 2. The molecule has 1 unspecified atom stereocenters. The molecule has 1 fully saturated rings. The molecule has 1 atom stereocenters. The molecule has 1 aliphatic heterocycles. The SMILES string of the molecule is COc1ccc(S(=O)(=O)N2CCSC2c2ccc(OC)c([N+](=O)[O-])c2)cc1. The first kappa shape index (κ1) is 19.5. The van der Waals surface area contributed by atoms with Crippen molar-refractivity contribution in [3.8, 4) is 11.5 Å². The van der Waals surface area contributed by atoms with E-state index in [4.69, 9.17) is 9.47 Å². The van der Waals surface area contributed by atoms with Gasteiger partial charge in [-0.3, -0.25) is 10.1 Å². The number of ether oxygens (including phenoxy) is 2. The van der Waals surface area contributed by atoms with E-state index in [2.05, 4.69) is 0 Å². The lowest BCUT2D eigenvalue weighted by Crippen LogP contribution is -2.30. The predicted molar refractivity (Wildman–Crippen MR) is 102 cm³/mol. The Morgan fingerprint density at radius 2 is 1.85 bits per heavy atom. The first-order valence-corrected chi connectivity index (χ1v) is 10.5. The summed E-state index contributed by atoms with van der Waals surface area (Å²) in [4.78, 5) is 10.9. The Morgan fingerprint density at radius 3 is 2.44 bits per heavy atom. The van der Waals surface area contributed by atoms with E-state index >= 15 is 0 Å². The second-order valence-corrected chi connectivity index (χ2v) is 8.78. The van der Waals surface area contributed by atoms with Crippen LogP contribution < -0.4 is 9.47 Å². The van der Waals surface area contributed by atoms with Crippen LogP contribution in [0.2, 0.25) is 0 Å². The molecule has 0 aliphatic carbocycles. The molecule has 27 heavy (non-hydrogen) atoms. The fourth-order valence-electron chi connectivity index (χ4n) is 2.85. The number of thioether (sulfide) groups is 1. The predicted octanol–water partition coefficient (Wildman–Crippen LogP) is 3.05. The van der Waals surface area contributed by atoms with Crippen LogP contribution in [0.5, 0.6) is 11.5 Å². The lowest BCUT2D eigenvalue weighted by atomic mass is 10.2. The molecule has 1 saturated heterocycles. The Balaban J connectivity index is 1.97. The highest BCUT2D eigenvalue weighted by molar-refractivity contribution is 8.01. The van der Waals surface area contributed by atoms with E-state index in [9.17, 15) is 18.5 Å². The van der Waals surface area contributed by atoms with Crippen molar-refractivity contribution in [2.24, 2.45) is 0 Å². The Morgan fingerprint density at radius 1 is 1.15 bits per heavy atom. The van der Waals surface area contributed by atoms with Crippen molar-refractivity contribution < 1.29 is 22.8 Å². The van der Waals surface area contributed by atoms with Gasteiger partial charge in [0.25, 0.3) is 0 Å². The van der Waals surface area contributed by atoms with E-state index in [-0.39, 0.29) is 16.3 Å². The summed E-state index contributed by atoms with van der Waals surface area (Å²) in [6, 6.07) is 10.7. The molecule has 0 radical (unpaired) electrons. The minimum absolute atomic E-state index is 0.135. The molecule has 0 aromatic heterocycles. The lowest BCUT2D eigenvalue weighted by molar-refractivity contribution is -0.385. The second kappa shape index (κ2) is 7.75. The third-order valence-electron chi connectivity index (χ3n) is 4.20. The van der Waals surface area contributed by atoms with Gasteiger partial charge in [0.1, 0.15) is 5.75 Å².